The third-order valence-corrected chi connectivity index (χ3v) is 4.29. The van der Waals surface area contributed by atoms with Crippen LogP contribution in [-0.2, 0) is 10.0 Å². The molecule has 0 radical (unpaired) electrons. The molecule has 0 unspecified atom stereocenters. The molecule has 20 heavy (non-hydrogen) atoms. The van der Waals surface area contributed by atoms with Crippen molar-refractivity contribution in [2.45, 2.75) is 31.7 Å². The molecule has 108 valence electrons. The predicted octanol–water partition coefficient (Wildman–Crippen LogP) is 2.16. The molecule has 0 spiro atoms. The Morgan fingerprint density at radius 2 is 2.05 bits per heavy atom. The molecule has 6 nitrogen and oxygen atoms in total. The number of rotatable bonds is 4. The molecule has 2 aromatic rings. The van der Waals surface area contributed by atoms with Gasteiger partial charge in [-0.05, 0) is 38.5 Å². The van der Waals surface area contributed by atoms with E-state index in [9.17, 15) is 8.42 Å². The van der Waals surface area contributed by atoms with Gasteiger partial charge in [0.25, 0.3) is 10.0 Å². The van der Waals surface area contributed by atoms with Crippen molar-refractivity contribution in [3.63, 3.8) is 0 Å². The molecule has 0 bridgehead atoms. The fraction of sp³-hybridized carbons (Fsp3) is 0.308. The predicted molar refractivity (Wildman–Crippen MR) is 79.0 cm³/mol. The summed E-state index contributed by atoms with van der Waals surface area (Å²) >= 11 is 0. The van der Waals surface area contributed by atoms with E-state index in [1.165, 1.54) is 12.3 Å². The Kier molecular flexibility index (Phi) is 3.71. The number of aryl methyl sites for hydroxylation is 1. The van der Waals surface area contributed by atoms with E-state index in [2.05, 4.69) is 9.82 Å². The highest BCUT2D eigenvalue weighted by Crippen LogP contribution is 2.22. The van der Waals surface area contributed by atoms with Gasteiger partial charge in [0.1, 0.15) is 4.90 Å². The summed E-state index contributed by atoms with van der Waals surface area (Å²) in [6, 6.07) is 5.01. The first-order valence-electron chi connectivity index (χ1n) is 6.22. The van der Waals surface area contributed by atoms with Crippen molar-refractivity contribution in [3.05, 3.63) is 36.2 Å². The van der Waals surface area contributed by atoms with Gasteiger partial charge >= 0.3 is 0 Å². The zero-order valence-corrected chi connectivity index (χ0v) is 12.5. The fourth-order valence-electron chi connectivity index (χ4n) is 1.80. The number of aromatic nitrogens is 2. The van der Waals surface area contributed by atoms with Crippen LogP contribution in [0, 0.1) is 6.92 Å². The molecular formula is C13H18N4O2S. The van der Waals surface area contributed by atoms with E-state index >= 15 is 0 Å². The fourth-order valence-corrected chi connectivity index (χ4v) is 2.94. The lowest BCUT2D eigenvalue weighted by Crippen LogP contribution is -2.14. The van der Waals surface area contributed by atoms with Gasteiger partial charge in [-0.2, -0.15) is 5.10 Å². The van der Waals surface area contributed by atoms with Crippen LogP contribution in [0.15, 0.2) is 35.5 Å². The first-order valence-corrected chi connectivity index (χ1v) is 7.71. The number of nitrogen functional groups attached to an aromatic ring is 1. The zero-order valence-electron chi connectivity index (χ0n) is 11.7. The standard InChI is InChI=1S/C13H18N4O2S/c1-9(2)17-8-11(7-15-17)16-20(18,19)13-5-4-10(3)6-12(13)14/h4-9,16H,14H2,1-3H3. The third kappa shape index (κ3) is 2.93. The van der Waals surface area contributed by atoms with E-state index in [-0.39, 0.29) is 16.6 Å². The van der Waals surface area contributed by atoms with E-state index < -0.39 is 10.0 Å². The average Bonchev–Trinajstić information content (AvgIpc) is 2.76. The number of nitrogens with two attached hydrogens (primary N) is 1. The number of nitrogens with zero attached hydrogens (tertiary/aromatic N) is 2. The Morgan fingerprint density at radius 3 is 2.60 bits per heavy atom. The average molecular weight is 294 g/mol. The lowest BCUT2D eigenvalue weighted by atomic mass is 10.2. The number of hydrogen-bond acceptors (Lipinski definition) is 4. The molecular weight excluding hydrogens is 276 g/mol. The van der Waals surface area contributed by atoms with Crippen LogP contribution in [0.5, 0.6) is 0 Å². The summed E-state index contributed by atoms with van der Waals surface area (Å²) in [6.07, 6.45) is 3.12. The number of sulfonamides is 1. The van der Waals surface area contributed by atoms with E-state index in [0.717, 1.165) is 5.56 Å². The third-order valence-electron chi connectivity index (χ3n) is 2.84. The van der Waals surface area contributed by atoms with Gasteiger partial charge < -0.3 is 5.73 Å². The maximum Gasteiger partial charge on any atom is 0.264 e. The van der Waals surface area contributed by atoms with Crippen molar-refractivity contribution in [2.75, 3.05) is 10.5 Å². The molecule has 0 aliphatic heterocycles. The van der Waals surface area contributed by atoms with E-state index in [4.69, 9.17) is 5.73 Å². The molecule has 0 saturated heterocycles. The minimum atomic E-state index is -3.70. The molecule has 1 heterocycles. The van der Waals surface area contributed by atoms with Gasteiger partial charge in [-0.15, -0.1) is 0 Å². The van der Waals surface area contributed by atoms with Gasteiger partial charge in [0.2, 0.25) is 0 Å². The lowest BCUT2D eigenvalue weighted by Gasteiger charge is -2.09. The largest absolute Gasteiger partial charge is 0.398 e. The first kappa shape index (κ1) is 14.4. The summed E-state index contributed by atoms with van der Waals surface area (Å²) in [6.45, 7) is 5.78. The minimum Gasteiger partial charge on any atom is -0.398 e. The molecule has 0 aliphatic carbocycles. The monoisotopic (exact) mass is 294 g/mol. The maximum absolute atomic E-state index is 12.3. The van der Waals surface area contributed by atoms with Crippen LogP contribution in [0.3, 0.4) is 0 Å². The molecule has 3 N–H and O–H groups in total. The molecule has 0 amide bonds. The van der Waals surface area contributed by atoms with Crippen LogP contribution < -0.4 is 10.5 Å². The Bertz CT molecular complexity index is 720. The molecule has 0 atom stereocenters. The molecule has 0 fully saturated rings. The molecule has 1 aromatic carbocycles. The Labute approximate surface area is 118 Å². The van der Waals surface area contributed by atoms with Gasteiger partial charge in [0.15, 0.2) is 0 Å². The summed E-state index contributed by atoms with van der Waals surface area (Å²) in [5.74, 6) is 0. The molecule has 2 rings (SSSR count). The summed E-state index contributed by atoms with van der Waals surface area (Å²) in [7, 11) is -3.70. The van der Waals surface area contributed by atoms with Crippen molar-refractivity contribution in [1.82, 2.24) is 9.78 Å². The number of benzene rings is 1. The number of nitrogens with one attached hydrogen (secondary N) is 1. The van der Waals surface area contributed by atoms with Gasteiger partial charge in [-0.3, -0.25) is 9.40 Å². The van der Waals surface area contributed by atoms with Crippen molar-refractivity contribution in [2.24, 2.45) is 0 Å². The Hall–Kier alpha value is -2.02. The van der Waals surface area contributed by atoms with Crippen LogP contribution in [0.1, 0.15) is 25.5 Å². The van der Waals surface area contributed by atoms with Crippen LogP contribution in [-0.4, -0.2) is 18.2 Å². The van der Waals surface area contributed by atoms with Gasteiger partial charge in [0.05, 0.1) is 17.6 Å². The second-order valence-corrected chi connectivity index (χ2v) is 6.60. The van der Waals surface area contributed by atoms with E-state index in [0.29, 0.717) is 5.69 Å². The lowest BCUT2D eigenvalue weighted by molar-refractivity contribution is 0.532. The normalized spacial score (nSPS) is 11.8. The van der Waals surface area contributed by atoms with Crippen LogP contribution in [0.4, 0.5) is 11.4 Å². The Morgan fingerprint density at radius 1 is 1.35 bits per heavy atom. The highest BCUT2D eigenvalue weighted by molar-refractivity contribution is 7.92. The van der Waals surface area contributed by atoms with Crippen molar-refractivity contribution < 1.29 is 8.42 Å². The second kappa shape index (κ2) is 5.16. The quantitative estimate of drug-likeness (QED) is 0.845. The number of anilines is 2. The van der Waals surface area contributed by atoms with Gasteiger partial charge in [-0.25, -0.2) is 8.42 Å². The topological polar surface area (TPSA) is 90.0 Å². The summed E-state index contributed by atoms with van der Waals surface area (Å²) < 4.78 is 28.7. The molecule has 0 saturated carbocycles. The van der Waals surface area contributed by atoms with Crippen LogP contribution in [0.25, 0.3) is 0 Å². The highest BCUT2D eigenvalue weighted by atomic mass is 32.2. The Balaban J connectivity index is 2.30. The summed E-state index contributed by atoms with van der Waals surface area (Å²) in [5, 5.41) is 4.09. The highest BCUT2D eigenvalue weighted by Gasteiger charge is 2.18. The van der Waals surface area contributed by atoms with Gasteiger partial charge in [0, 0.05) is 12.2 Å². The second-order valence-electron chi connectivity index (χ2n) is 4.95. The summed E-state index contributed by atoms with van der Waals surface area (Å²) in [4.78, 5) is 0.0698. The SMILES string of the molecule is Cc1ccc(S(=O)(=O)Nc2cnn(C(C)C)c2)c(N)c1. The molecule has 1 aromatic heterocycles. The van der Waals surface area contributed by atoms with Crippen molar-refractivity contribution in [1.29, 1.82) is 0 Å². The minimum absolute atomic E-state index is 0.0698. The van der Waals surface area contributed by atoms with Crippen molar-refractivity contribution >= 4 is 21.4 Å². The molecule has 7 heteroatoms. The van der Waals surface area contributed by atoms with Crippen LogP contribution in [0.2, 0.25) is 0 Å². The van der Waals surface area contributed by atoms with E-state index in [1.807, 2.05) is 20.8 Å². The van der Waals surface area contributed by atoms with Crippen LogP contribution >= 0.6 is 0 Å². The summed E-state index contributed by atoms with van der Waals surface area (Å²) in [5.41, 5.74) is 7.33. The smallest absolute Gasteiger partial charge is 0.264 e. The number of hydrogen-bond donors (Lipinski definition) is 2. The zero-order chi connectivity index (χ0) is 14.9. The first-order chi connectivity index (χ1) is 9.29. The van der Waals surface area contributed by atoms with E-state index in [1.54, 1.807) is 23.0 Å². The van der Waals surface area contributed by atoms with Crippen molar-refractivity contribution in [3.8, 4) is 0 Å². The van der Waals surface area contributed by atoms with Gasteiger partial charge in [-0.1, -0.05) is 6.07 Å². The molecule has 0 aliphatic rings. The maximum atomic E-state index is 12.3.